The summed E-state index contributed by atoms with van der Waals surface area (Å²) in [6, 6.07) is 3.35. The predicted octanol–water partition coefficient (Wildman–Crippen LogP) is 2.21. The summed E-state index contributed by atoms with van der Waals surface area (Å²) in [6.07, 6.45) is 2.95. The molecule has 0 radical (unpaired) electrons. The van der Waals surface area contributed by atoms with Gasteiger partial charge in [-0.25, -0.2) is 9.78 Å². The molecule has 4 rings (SSSR count). The van der Waals surface area contributed by atoms with Crippen LogP contribution >= 0.6 is 0 Å². The molecule has 1 aliphatic rings. The molecule has 180 valence electrons. The van der Waals surface area contributed by atoms with Gasteiger partial charge >= 0.3 is 6.09 Å². The maximum absolute atomic E-state index is 13.1. The van der Waals surface area contributed by atoms with E-state index in [0.717, 1.165) is 5.39 Å². The molecule has 12 heteroatoms. The molecule has 1 aliphatic heterocycles. The molecule has 0 spiro atoms. The smallest absolute Gasteiger partial charge is 0.407 e. The van der Waals surface area contributed by atoms with Crippen LogP contribution in [0.15, 0.2) is 24.5 Å². The summed E-state index contributed by atoms with van der Waals surface area (Å²) in [4.78, 5) is 36.3. The van der Waals surface area contributed by atoms with Crippen LogP contribution in [0.2, 0.25) is 0 Å². The number of benzene rings is 1. The molecule has 3 heterocycles. The number of carbonyl (C=O) groups is 2. The predicted molar refractivity (Wildman–Crippen MR) is 125 cm³/mol. The Bertz CT molecular complexity index is 1230. The van der Waals surface area contributed by atoms with Crippen molar-refractivity contribution in [1.82, 2.24) is 24.6 Å². The summed E-state index contributed by atoms with van der Waals surface area (Å²) in [5, 5.41) is 17.3. The number of carboxylic acid groups (broad SMARTS) is 1. The molecule has 0 bridgehead atoms. The second kappa shape index (κ2) is 9.41. The summed E-state index contributed by atoms with van der Waals surface area (Å²) in [5.74, 6) is 0.666. The lowest BCUT2D eigenvalue weighted by Crippen LogP contribution is -2.38. The Labute approximate surface area is 196 Å². The molecule has 2 amide bonds. The second-order valence-electron chi connectivity index (χ2n) is 7.98. The number of rotatable bonds is 7. The molecule has 1 atom stereocenters. The molecule has 1 aromatic carbocycles. The number of amides is 2. The number of aryl methyl sites for hydroxylation is 1. The monoisotopic (exact) mass is 469 g/mol. The molecule has 0 saturated carbocycles. The van der Waals surface area contributed by atoms with E-state index in [2.05, 4.69) is 20.4 Å². The minimum Gasteiger partial charge on any atom is -0.494 e. The van der Waals surface area contributed by atoms with Gasteiger partial charge in [0.1, 0.15) is 16.8 Å². The fourth-order valence-corrected chi connectivity index (χ4v) is 3.96. The Hall–Kier alpha value is -4.09. The number of anilines is 2. The topological polar surface area (TPSA) is 135 Å². The molecule has 0 unspecified atom stereocenters. The fraction of sp³-hybridized carbons (Fsp3) is 0.409. The van der Waals surface area contributed by atoms with Gasteiger partial charge in [-0.3, -0.25) is 9.48 Å². The van der Waals surface area contributed by atoms with Crippen LogP contribution in [0.1, 0.15) is 23.7 Å². The van der Waals surface area contributed by atoms with E-state index >= 15 is 0 Å². The van der Waals surface area contributed by atoms with Crippen molar-refractivity contribution in [3.8, 4) is 11.6 Å². The number of hydrogen-bond donors (Lipinski definition) is 2. The first-order chi connectivity index (χ1) is 16.3. The van der Waals surface area contributed by atoms with Crippen molar-refractivity contribution >= 4 is 34.5 Å². The van der Waals surface area contributed by atoms with Crippen LogP contribution in [0.5, 0.6) is 11.6 Å². The fourth-order valence-electron chi connectivity index (χ4n) is 3.96. The van der Waals surface area contributed by atoms with Crippen LogP contribution in [-0.4, -0.2) is 81.7 Å². The molecule has 34 heavy (non-hydrogen) atoms. The standard InChI is InChI=1S/C22H27N7O5/c1-5-34-20-16(10-23-21(25-20)29-7-6-15(12-29)28(3)22(31)32)19(30)24-14-8-13-11-27(2)26-18(13)17(9-14)33-4/h8-11,15H,5-7,12H2,1-4H3,(H,24,30)(H,31,32)/t15-/m0/s1. The first-order valence-corrected chi connectivity index (χ1v) is 10.8. The summed E-state index contributed by atoms with van der Waals surface area (Å²) in [6.45, 7) is 3.18. The van der Waals surface area contributed by atoms with E-state index in [1.165, 1.54) is 11.1 Å². The van der Waals surface area contributed by atoms with Gasteiger partial charge in [0.2, 0.25) is 11.8 Å². The normalized spacial score (nSPS) is 15.4. The van der Waals surface area contributed by atoms with Gasteiger partial charge in [0, 0.05) is 56.7 Å². The van der Waals surface area contributed by atoms with Crippen molar-refractivity contribution in [2.75, 3.05) is 44.1 Å². The molecule has 2 N–H and O–H groups in total. The Morgan fingerprint density at radius 3 is 2.85 bits per heavy atom. The summed E-state index contributed by atoms with van der Waals surface area (Å²) in [5.41, 5.74) is 1.42. The van der Waals surface area contributed by atoms with Crippen molar-refractivity contribution in [2.45, 2.75) is 19.4 Å². The highest BCUT2D eigenvalue weighted by molar-refractivity contribution is 6.06. The summed E-state index contributed by atoms with van der Waals surface area (Å²) in [7, 11) is 4.91. The van der Waals surface area contributed by atoms with E-state index in [1.807, 2.05) is 24.2 Å². The lowest BCUT2D eigenvalue weighted by Gasteiger charge is -2.22. The van der Waals surface area contributed by atoms with Crippen molar-refractivity contribution in [3.05, 3.63) is 30.1 Å². The molecule has 1 fully saturated rings. The minimum absolute atomic E-state index is 0.156. The van der Waals surface area contributed by atoms with E-state index < -0.39 is 12.0 Å². The zero-order valence-electron chi connectivity index (χ0n) is 19.5. The van der Waals surface area contributed by atoms with Gasteiger partial charge in [-0.2, -0.15) is 10.1 Å². The van der Waals surface area contributed by atoms with Gasteiger partial charge < -0.3 is 29.7 Å². The number of ether oxygens (including phenoxy) is 2. The van der Waals surface area contributed by atoms with Crippen LogP contribution in [0.25, 0.3) is 10.9 Å². The number of likely N-dealkylation sites (N-methyl/N-ethyl adjacent to an activating group) is 1. The molecule has 0 aliphatic carbocycles. The quantitative estimate of drug-likeness (QED) is 0.534. The van der Waals surface area contributed by atoms with E-state index in [1.54, 1.807) is 31.8 Å². The van der Waals surface area contributed by atoms with Gasteiger partial charge in [-0.05, 0) is 19.4 Å². The highest BCUT2D eigenvalue weighted by atomic mass is 16.5. The molecular weight excluding hydrogens is 442 g/mol. The highest BCUT2D eigenvalue weighted by Gasteiger charge is 2.30. The Morgan fingerprint density at radius 1 is 1.35 bits per heavy atom. The third-order valence-electron chi connectivity index (χ3n) is 5.73. The number of nitrogens with zero attached hydrogens (tertiary/aromatic N) is 6. The Kier molecular flexibility index (Phi) is 6.39. The van der Waals surface area contributed by atoms with Crippen molar-refractivity contribution < 1.29 is 24.2 Å². The van der Waals surface area contributed by atoms with Crippen LogP contribution in [0, 0.1) is 0 Å². The third-order valence-corrected chi connectivity index (χ3v) is 5.73. The van der Waals surface area contributed by atoms with Gasteiger partial charge in [0.15, 0.2) is 0 Å². The third kappa shape index (κ3) is 4.51. The van der Waals surface area contributed by atoms with Crippen molar-refractivity contribution in [2.24, 2.45) is 7.05 Å². The zero-order chi connectivity index (χ0) is 24.4. The first-order valence-electron chi connectivity index (χ1n) is 10.8. The summed E-state index contributed by atoms with van der Waals surface area (Å²) < 4.78 is 12.7. The number of methoxy groups -OCH3 is 1. The van der Waals surface area contributed by atoms with Gasteiger partial charge in [-0.1, -0.05) is 0 Å². The van der Waals surface area contributed by atoms with Crippen LogP contribution in [-0.2, 0) is 7.05 Å². The van der Waals surface area contributed by atoms with Crippen LogP contribution in [0.3, 0.4) is 0 Å². The Morgan fingerprint density at radius 2 is 2.15 bits per heavy atom. The maximum atomic E-state index is 13.1. The van der Waals surface area contributed by atoms with Crippen molar-refractivity contribution in [3.63, 3.8) is 0 Å². The van der Waals surface area contributed by atoms with Gasteiger partial charge in [0.25, 0.3) is 5.91 Å². The van der Waals surface area contributed by atoms with E-state index in [4.69, 9.17) is 9.47 Å². The first kappa shape index (κ1) is 23.1. The largest absolute Gasteiger partial charge is 0.494 e. The lowest BCUT2D eigenvalue weighted by molar-refractivity contribution is 0.102. The highest BCUT2D eigenvalue weighted by Crippen LogP contribution is 2.30. The number of carbonyl (C=O) groups excluding carboxylic acids is 1. The summed E-state index contributed by atoms with van der Waals surface area (Å²) >= 11 is 0. The number of fused-ring (bicyclic) bond motifs is 1. The average molecular weight is 470 g/mol. The molecule has 2 aromatic heterocycles. The van der Waals surface area contributed by atoms with E-state index in [0.29, 0.717) is 49.0 Å². The zero-order valence-corrected chi connectivity index (χ0v) is 19.5. The van der Waals surface area contributed by atoms with Gasteiger partial charge in [-0.15, -0.1) is 0 Å². The molecular formula is C22H27N7O5. The number of aromatic nitrogens is 4. The SMILES string of the molecule is CCOc1nc(N2CC[C@H](N(C)C(=O)O)C2)ncc1C(=O)Nc1cc(OC)c2nn(C)cc2c1. The van der Waals surface area contributed by atoms with Crippen LogP contribution < -0.4 is 19.7 Å². The number of hydrogen-bond acceptors (Lipinski definition) is 8. The van der Waals surface area contributed by atoms with Crippen LogP contribution in [0.4, 0.5) is 16.4 Å². The minimum atomic E-state index is -0.976. The lowest BCUT2D eigenvalue weighted by atomic mass is 10.2. The second-order valence-corrected chi connectivity index (χ2v) is 7.98. The average Bonchev–Trinajstić information content (AvgIpc) is 3.44. The van der Waals surface area contributed by atoms with E-state index in [9.17, 15) is 14.7 Å². The molecule has 12 nitrogen and oxygen atoms in total. The van der Waals surface area contributed by atoms with Crippen molar-refractivity contribution in [1.29, 1.82) is 0 Å². The maximum Gasteiger partial charge on any atom is 0.407 e. The molecule has 1 saturated heterocycles. The van der Waals surface area contributed by atoms with E-state index in [-0.39, 0.29) is 17.5 Å². The van der Waals surface area contributed by atoms with Gasteiger partial charge in [0.05, 0.1) is 19.8 Å². The molecule has 3 aromatic rings. The Balaban J connectivity index is 1.56. The number of nitrogens with one attached hydrogen (secondary N) is 1.